The fraction of sp³-hybridized carbons (Fsp3) is 0.667. The summed E-state index contributed by atoms with van der Waals surface area (Å²) in [4.78, 5) is 61.9. The molecule has 7 atom stereocenters. The minimum absolute atomic E-state index is 0.0188. The predicted octanol–water partition coefficient (Wildman–Crippen LogP) is 5.52. The van der Waals surface area contributed by atoms with Crippen molar-refractivity contribution in [3.05, 3.63) is 51.7 Å². The van der Waals surface area contributed by atoms with E-state index in [0.717, 1.165) is 42.7 Å². The summed E-state index contributed by atoms with van der Waals surface area (Å²) in [6, 6.07) is 4.19. The lowest BCUT2D eigenvalue weighted by Crippen LogP contribution is -2.58. The van der Waals surface area contributed by atoms with Gasteiger partial charge in [0.15, 0.2) is 0 Å². The number of likely N-dealkylation sites (N-methyl/N-ethyl adjacent to an activating group) is 1. The number of hydrogen-bond acceptors (Lipinski definition) is 9. The number of carbonyl (C=O) groups is 4. The number of ether oxygens (including phenoxy) is 1. The topological polar surface area (TPSA) is 141 Å². The van der Waals surface area contributed by atoms with Gasteiger partial charge in [0.2, 0.25) is 11.8 Å². The number of methoxy groups -OCH3 is 1. The van der Waals surface area contributed by atoms with Crippen LogP contribution in [0.4, 0.5) is 4.39 Å². The first kappa shape index (κ1) is 43.0. The van der Waals surface area contributed by atoms with Crippen molar-refractivity contribution in [3.63, 3.8) is 0 Å². The summed E-state index contributed by atoms with van der Waals surface area (Å²) in [5, 5.41) is 19.5. The van der Waals surface area contributed by atoms with Crippen molar-refractivity contribution in [1.82, 2.24) is 25.4 Å². The number of likely N-dealkylation sites (tertiary alicyclic amines) is 1. The molecule has 1 fully saturated rings. The van der Waals surface area contributed by atoms with Gasteiger partial charge in [-0.05, 0) is 75.2 Å². The fourth-order valence-electron chi connectivity index (χ4n) is 6.91. The molecule has 52 heavy (non-hydrogen) atoms. The summed E-state index contributed by atoms with van der Waals surface area (Å²) < 4.78 is 18.4. The zero-order valence-corrected chi connectivity index (χ0v) is 33.0. The van der Waals surface area contributed by atoms with Gasteiger partial charge in [-0.3, -0.25) is 24.1 Å². The first-order chi connectivity index (χ1) is 24.7. The molecule has 2 unspecified atom stereocenters. The molecule has 2 aromatic rings. The van der Waals surface area contributed by atoms with Crippen molar-refractivity contribution in [2.24, 2.45) is 17.8 Å². The minimum Gasteiger partial charge on any atom is -0.469 e. The van der Waals surface area contributed by atoms with E-state index in [9.17, 15) is 28.7 Å². The van der Waals surface area contributed by atoms with Gasteiger partial charge < -0.3 is 25.4 Å². The SMILES string of the molecule is CCCN(C(=O)[C@@H](NC(=O)[C@H]1CCCCN1C)C(C)CC)C(C[C@@H](O)c1nc(C(=O)N[C@@H](Cc2ccc(F)cc2)C[C@H](C)C(=O)OC)cs1)C(C)C. The number of nitrogens with one attached hydrogen (secondary N) is 2. The molecule has 3 N–H and O–H groups in total. The normalized spacial score (nSPS) is 18.5. The largest absolute Gasteiger partial charge is 0.469 e. The molecule has 1 aromatic heterocycles. The maximum atomic E-state index is 14.4. The highest BCUT2D eigenvalue weighted by Crippen LogP contribution is 2.29. The molecule has 0 aliphatic carbocycles. The summed E-state index contributed by atoms with van der Waals surface area (Å²) >= 11 is 1.16. The van der Waals surface area contributed by atoms with Crippen LogP contribution in [-0.2, 0) is 25.5 Å². The van der Waals surface area contributed by atoms with Gasteiger partial charge in [-0.25, -0.2) is 9.37 Å². The molecule has 0 radical (unpaired) electrons. The molecule has 1 aliphatic heterocycles. The van der Waals surface area contributed by atoms with E-state index < -0.39 is 36.0 Å². The lowest BCUT2D eigenvalue weighted by atomic mass is 9.92. The van der Waals surface area contributed by atoms with Crippen molar-refractivity contribution in [3.8, 4) is 0 Å². The molecule has 0 saturated carbocycles. The van der Waals surface area contributed by atoms with Crippen LogP contribution in [0.15, 0.2) is 29.6 Å². The smallest absolute Gasteiger partial charge is 0.308 e. The Kier molecular flexibility index (Phi) is 17.1. The zero-order valence-electron chi connectivity index (χ0n) is 32.2. The lowest BCUT2D eigenvalue weighted by molar-refractivity contribution is -0.145. The average molecular weight is 746 g/mol. The van der Waals surface area contributed by atoms with E-state index in [1.807, 2.05) is 46.6 Å². The van der Waals surface area contributed by atoms with E-state index in [1.165, 1.54) is 19.2 Å². The number of carbonyl (C=O) groups excluding carboxylic acids is 4. The lowest BCUT2D eigenvalue weighted by Gasteiger charge is -2.39. The molecule has 0 bridgehead atoms. The van der Waals surface area contributed by atoms with Gasteiger partial charge in [0, 0.05) is 30.4 Å². The van der Waals surface area contributed by atoms with Crippen molar-refractivity contribution >= 4 is 35.0 Å². The second-order valence-electron chi connectivity index (χ2n) is 14.7. The highest BCUT2D eigenvalue weighted by atomic mass is 32.1. The third kappa shape index (κ3) is 12.1. The van der Waals surface area contributed by atoms with Crippen molar-refractivity contribution < 1.29 is 33.4 Å². The average Bonchev–Trinajstić information content (AvgIpc) is 3.63. The first-order valence-electron chi connectivity index (χ1n) is 18.8. The van der Waals surface area contributed by atoms with Crippen molar-refractivity contribution in [1.29, 1.82) is 0 Å². The number of halogens is 1. The van der Waals surface area contributed by atoms with Gasteiger partial charge in [0.05, 0.1) is 19.1 Å². The fourth-order valence-corrected chi connectivity index (χ4v) is 7.71. The first-order valence-corrected chi connectivity index (χ1v) is 19.7. The molecule has 2 heterocycles. The number of aromatic nitrogens is 1. The standard InChI is InChI=1S/C39H60FN5O6S/c1-9-18-45(38(49)34(25(5)10-2)43-36(48)31-13-11-12-19-44(31)7)32(24(3)4)22-33(46)37-42-30(23-52-37)35(47)41-29(20-26(6)39(50)51-8)21-27-14-16-28(40)17-15-27/h14-17,23-26,29,31-34,46H,9-13,18-22H2,1-8H3,(H,41,47)(H,43,48)/t25?,26-,29+,31+,32?,33+,34-/m0/s1. The van der Waals surface area contributed by atoms with Crippen LogP contribution >= 0.6 is 11.3 Å². The number of aliphatic hydroxyl groups is 1. The monoisotopic (exact) mass is 745 g/mol. The van der Waals surface area contributed by atoms with Gasteiger partial charge in [-0.1, -0.05) is 66.5 Å². The number of piperidine rings is 1. The number of hydrogen-bond donors (Lipinski definition) is 3. The van der Waals surface area contributed by atoms with E-state index >= 15 is 0 Å². The number of benzene rings is 1. The van der Waals surface area contributed by atoms with Crippen LogP contribution in [0, 0.1) is 23.6 Å². The van der Waals surface area contributed by atoms with Gasteiger partial charge >= 0.3 is 5.97 Å². The Balaban J connectivity index is 1.78. The van der Waals surface area contributed by atoms with E-state index in [4.69, 9.17) is 4.74 Å². The molecule has 1 saturated heterocycles. The molecular weight excluding hydrogens is 686 g/mol. The summed E-state index contributed by atoms with van der Waals surface area (Å²) in [7, 11) is 3.27. The maximum Gasteiger partial charge on any atom is 0.308 e. The van der Waals surface area contributed by atoms with Gasteiger partial charge in [-0.2, -0.15) is 0 Å². The Labute approximate surface area is 313 Å². The number of thiazole rings is 1. The predicted molar refractivity (Wildman–Crippen MR) is 201 cm³/mol. The van der Waals surface area contributed by atoms with Crippen LogP contribution in [0.3, 0.4) is 0 Å². The number of aliphatic hydroxyl groups excluding tert-OH is 1. The Morgan fingerprint density at radius 3 is 2.37 bits per heavy atom. The van der Waals surface area contributed by atoms with Gasteiger partial charge in [0.1, 0.15) is 28.7 Å². The van der Waals surface area contributed by atoms with Crippen LogP contribution in [0.25, 0.3) is 0 Å². The third-order valence-corrected chi connectivity index (χ3v) is 11.2. The Bertz CT molecular complexity index is 1450. The zero-order chi connectivity index (χ0) is 38.5. The second-order valence-corrected chi connectivity index (χ2v) is 15.6. The van der Waals surface area contributed by atoms with E-state index in [1.54, 1.807) is 24.4 Å². The van der Waals surface area contributed by atoms with Gasteiger partial charge in [-0.15, -0.1) is 11.3 Å². The molecular formula is C39H60FN5O6S. The summed E-state index contributed by atoms with van der Waals surface area (Å²) in [5.41, 5.74) is 0.921. The van der Waals surface area contributed by atoms with Crippen LogP contribution in [0.1, 0.15) is 114 Å². The molecule has 1 aromatic carbocycles. The number of esters is 1. The van der Waals surface area contributed by atoms with Crippen molar-refractivity contribution in [2.75, 3.05) is 27.2 Å². The van der Waals surface area contributed by atoms with Crippen LogP contribution in [-0.4, -0.2) is 95.0 Å². The van der Waals surface area contributed by atoms with Crippen LogP contribution < -0.4 is 10.6 Å². The third-order valence-electron chi connectivity index (χ3n) is 10.2. The summed E-state index contributed by atoms with van der Waals surface area (Å²) in [6.07, 6.45) is 4.01. The molecule has 290 valence electrons. The van der Waals surface area contributed by atoms with Crippen LogP contribution in [0.5, 0.6) is 0 Å². The summed E-state index contributed by atoms with van der Waals surface area (Å²) in [5.74, 6) is -2.10. The Morgan fingerprint density at radius 2 is 1.77 bits per heavy atom. The Hall–Kier alpha value is -3.42. The molecule has 11 nitrogen and oxygen atoms in total. The van der Waals surface area contributed by atoms with Crippen LogP contribution in [0.2, 0.25) is 0 Å². The second kappa shape index (κ2) is 20.7. The number of amides is 3. The molecule has 1 aliphatic rings. The van der Waals surface area contributed by atoms with E-state index in [2.05, 4.69) is 20.5 Å². The van der Waals surface area contributed by atoms with Gasteiger partial charge in [0.25, 0.3) is 5.91 Å². The highest BCUT2D eigenvalue weighted by molar-refractivity contribution is 7.09. The molecule has 0 spiro atoms. The quantitative estimate of drug-likeness (QED) is 0.160. The maximum absolute atomic E-state index is 14.4. The van der Waals surface area contributed by atoms with E-state index in [0.29, 0.717) is 37.2 Å². The number of nitrogens with zero attached hydrogens (tertiary/aromatic N) is 3. The number of rotatable bonds is 19. The van der Waals surface area contributed by atoms with Crippen molar-refractivity contribution in [2.45, 2.75) is 123 Å². The highest BCUT2D eigenvalue weighted by Gasteiger charge is 2.37. The molecule has 13 heteroatoms. The molecule has 3 amide bonds. The molecule has 3 rings (SSSR count). The Morgan fingerprint density at radius 1 is 1.08 bits per heavy atom. The van der Waals surface area contributed by atoms with E-state index in [-0.39, 0.29) is 53.7 Å². The summed E-state index contributed by atoms with van der Waals surface area (Å²) in [6.45, 7) is 13.1. The minimum atomic E-state index is -1.05.